The van der Waals surface area contributed by atoms with E-state index in [4.69, 9.17) is 11.6 Å². The van der Waals surface area contributed by atoms with E-state index in [1.54, 1.807) is 24.3 Å². The molecule has 120 valence electrons. The SMILES string of the molecule is Cc1cc(C)c([C@H](C)NC(=O)/C=C/c2ccc(Cl)cc2)cc1C. The van der Waals surface area contributed by atoms with Crippen molar-refractivity contribution < 1.29 is 4.79 Å². The minimum atomic E-state index is -0.106. The highest BCUT2D eigenvalue weighted by Crippen LogP contribution is 2.21. The Kier molecular flexibility index (Phi) is 5.62. The van der Waals surface area contributed by atoms with Gasteiger partial charge in [0.1, 0.15) is 0 Å². The van der Waals surface area contributed by atoms with Crippen LogP contribution in [0.2, 0.25) is 5.02 Å². The zero-order valence-corrected chi connectivity index (χ0v) is 14.7. The predicted molar refractivity (Wildman–Crippen MR) is 97.7 cm³/mol. The number of carbonyl (C=O) groups is 1. The first-order chi connectivity index (χ1) is 10.9. The van der Waals surface area contributed by atoms with Crippen molar-refractivity contribution in [2.24, 2.45) is 0 Å². The van der Waals surface area contributed by atoms with Crippen LogP contribution in [0.25, 0.3) is 6.08 Å². The van der Waals surface area contributed by atoms with Gasteiger partial charge in [-0.3, -0.25) is 4.79 Å². The number of hydrogen-bond acceptors (Lipinski definition) is 1. The molecule has 0 unspecified atom stereocenters. The zero-order valence-electron chi connectivity index (χ0n) is 14.0. The number of amides is 1. The lowest BCUT2D eigenvalue weighted by molar-refractivity contribution is -0.117. The molecule has 0 heterocycles. The van der Waals surface area contributed by atoms with Crippen molar-refractivity contribution in [3.05, 3.63) is 75.3 Å². The Morgan fingerprint density at radius 3 is 2.30 bits per heavy atom. The number of halogens is 1. The smallest absolute Gasteiger partial charge is 0.244 e. The number of rotatable bonds is 4. The number of aryl methyl sites for hydroxylation is 3. The Morgan fingerprint density at radius 2 is 1.65 bits per heavy atom. The standard InChI is InChI=1S/C20H22ClNO/c1-13-11-15(3)19(12-14(13)2)16(4)22-20(23)10-7-17-5-8-18(21)9-6-17/h5-12,16H,1-4H3,(H,22,23)/b10-7+/t16-/m0/s1. The van der Waals surface area contributed by atoms with Crippen LogP contribution in [-0.2, 0) is 4.79 Å². The van der Waals surface area contributed by atoms with Gasteiger partial charge >= 0.3 is 0 Å². The molecule has 0 bridgehead atoms. The maximum Gasteiger partial charge on any atom is 0.244 e. The van der Waals surface area contributed by atoms with Gasteiger partial charge in [0.15, 0.2) is 0 Å². The van der Waals surface area contributed by atoms with Crippen LogP contribution < -0.4 is 5.32 Å². The Balaban J connectivity index is 2.05. The van der Waals surface area contributed by atoms with Crippen molar-refractivity contribution in [2.45, 2.75) is 33.7 Å². The predicted octanol–water partition coefficient (Wildman–Crippen LogP) is 5.16. The Hall–Kier alpha value is -2.06. The fourth-order valence-electron chi connectivity index (χ4n) is 2.53. The number of carbonyl (C=O) groups excluding carboxylic acids is 1. The molecule has 0 aliphatic heterocycles. The topological polar surface area (TPSA) is 29.1 Å². The van der Waals surface area contributed by atoms with Gasteiger partial charge in [0, 0.05) is 11.1 Å². The summed E-state index contributed by atoms with van der Waals surface area (Å²) in [4.78, 5) is 12.1. The summed E-state index contributed by atoms with van der Waals surface area (Å²) in [6.07, 6.45) is 3.34. The first-order valence-corrected chi connectivity index (χ1v) is 8.06. The minimum absolute atomic E-state index is 0.0309. The van der Waals surface area contributed by atoms with Gasteiger partial charge in [-0.15, -0.1) is 0 Å². The summed E-state index contributed by atoms with van der Waals surface area (Å²) in [6.45, 7) is 8.27. The zero-order chi connectivity index (χ0) is 17.0. The molecular weight excluding hydrogens is 306 g/mol. The van der Waals surface area contributed by atoms with Crippen LogP contribution in [-0.4, -0.2) is 5.91 Å². The lowest BCUT2D eigenvalue weighted by Gasteiger charge is -2.17. The molecule has 0 saturated heterocycles. The van der Waals surface area contributed by atoms with Crippen LogP contribution in [0, 0.1) is 20.8 Å². The van der Waals surface area contributed by atoms with Crippen molar-refractivity contribution in [1.82, 2.24) is 5.32 Å². The van der Waals surface area contributed by atoms with Gasteiger partial charge in [0.25, 0.3) is 0 Å². The van der Waals surface area contributed by atoms with Crippen molar-refractivity contribution in [3.63, 3.8) is 0 Å². The second-order valence-corrected chi connectivity index (χ2v) is 6.34. The molecule has 1 N–H and O–H groups in total. The van der Waals surface area contributed by atoms with Crippen LogP contribution >= 0.6 is 11.6 Å². The highest BCUT2D eigenvalue weighted by atomic mass is 35.5. The molecule has 2 rings (SSSR count). The van der Waals surface area contributed by atoms with E-state index >= 15 is 0 Å². The minimum Gasteiger partial charge on any atom is -0.346 e. The Morgan fingerprint density at radius 1 is 1.04 bits per heavy atom. The molecule has 0 saturated carbocycles. The molecule has 3 heteroatoms. The van der Waals surface area contributed by atoms with E-state index < -0.39 is 0 Å². The normalized spacial score (nSPS) is 12.4. The van der Waals surface area contributed by atoms with E-state index in [-0.39, 0.29) is 11.9 Å². The summed E-state index contributed by atoms with van der Waals surface area (Å²) in [5.74, 6) is -0.106. The second-order valence-electron chi connectivity index (χ2n) is 5.91. The van der Waals surface area contributed by atoms with Crippen molar-refractivity contribution in [3.8, 4) is 0 Å². The lowest BCUT2D eigenvalue weighted by atomic mass is 9.96. The fraction of sp³-hybridized carbons (Fsp3) is 0.250. The molecule has 0 radical (unpaired) electrons. The summed E-state index contributed by atoms with van der Waals surface area (Å²) in [5.41, 5.74) is 5.80. The molecule has 2 aromatic rings. The maximum atomic E-state index is 12.1. The van der Waals surface area contributed by atoms with E-state index in [1.807, 2.05) is 19.1 Å². The number of hydrogen-bond donors (Lipinski definition) is 1. The van der Waals surface area contributed by atoms with Gasteiger partial charge in [0.2, 0.25) is 5.91 Å². The number of nitrogens with one attached hydrogen (secondary N) is 1. The molecule has 1 atom stereocenters. The molecule has 1 amide bonds. The van der Waals surface area contributed by atoms with E-state index in [2.05, 4.69) is 38.2 Å². The van der Waals surface area contributed by atoms with Crippen LogP contribution in [0.4, 0.5) is 0 Å². The van der Waals surface area contributed by atoms with Crippen LogP contribution in [0.15, 0.2) is 42.5 Å². The average molecular weight is 328 g/mol. The summed E-state index contributed by atoms with van der Waals surface area (Å²) in [6, 6.07) is 11.7. The highest BCUT2D eigenvalue weighted by Gasteiger charge is 2.11. The van der Waals surface area contributed by atoms with Gasteiger partial charge in [-0.25, -0.2) is 0 Å². The molecule has 0 spiro atoms. The van der Waals surface area contributed by atoms with Crippen molar-refractivity contribution in [1.29, 1.82) is 0 Å². The molecule has 0 aliphatic carbocycles. The van der Waals surface area contributed by atoms with E-state index in [0.717, 1.165) is 11.1 Å². The van der Waals surface area contributed by atoms with Gasteiger partial charge in [-0.2, -0.15) is 0 Å². The van der Waals surface area contributed by atoms with Crippen LogP contribution in [0.5, 0.6) is 0 Å². The molecular formula is C20H22ClNO. The molecule has 0 fully saturated rings. The van der Waals surface area contributed by atoms with E-state index in [9.17, 15) is 4.79 Å². The molecule has 0 aromatic heterocycles. The summed E-state index contributed by atoms with van der Waals surface area (Å²) < 4.78 is 0. The first kappa shape index (κ1) is 17.3. The van der Waals surface area contributed by atoms with Gasteiger partial charge in [-0.1, -0.05) is 35.9 Å². The molecule has 23 heavy (non-hydrogen) atoms. The first-order valence-electron chi connectivity index (χ1n) is 7.68. The third-order valence-electron chi connectivity index (χ3n) is 4.00. The third kappa shape index (κ3) is 4.70. The highest BCUT2D eigenvalue weighted by molar-refractivity contribution is 6.30. The van der Waals surface area contributed by atoms with Crippen LogP contribution in [0.1, 0.15) is 40.8 Å². The van der Waals surface area contributed by atoms with E-state index in [0.29, 0.717) is 5.02 Å². The monoisotopic (exact) mass is 327 g/mol. The van der Waals surface area contributed by atoms with Crippen molar-refractivity contribution in [2.75, 3.05) is 0 Å². The van der Waals surface area contributed by atoms with Gasteiger partial charge in [0.05, 0.1) is 6.04 Å². The molecule has 2 nitrogen and oxygen atoms in total. The molecule has 0 aliphatic rings. The lowest BCUT2D eigenvalue weighted by Crippen LogP contribution is -2.25. The largest absolute Gasteiger partial charge is 0.346 e. The molecule has 2 aromatic carbocycles. The quantitative estimate of drug-likeness (QED) is 0.772. The number of benzene rings is 2. The second kappa shape index (κ2) is 7.47. The van der Waals surface area contributed by atoms with Crippen LogP contribution in [0.3, 0.4) is 0 Å². The third-order valence-corrected chi connectivity index (χ3v) is 4.26. The fourth-order valence-corrected chi connectivity index (χ4v) is 2.66. The van der Waals surface area contributed by atoms with E-state index in [1.165, 1.54) is 16.7 Å². The average Bonchev–Trinajstić information content (AvgIpc) is 2.50. The summed E-state index contributed by atoms with van der Waals surface area (Å²) in [7, 11) is 0. The van der Waals surface area contributed by atoms with Gasteiger partial charge in [-0.05, 0) is 73.7 Å². The summed E-state index contributed by atoms with van der Waals surface area (Å²) in [5, 5.41) is 3.70. The van der Waals surface area contributed by atoms with Gasteiger partial charge < -0.3 is 5.32 Å². The summed E-state index contributed by atoms with van der Waals surface area (Å²) >= 11 is 5.85. The Labute approximate surface area is 143 Å². The Bertz CT molecular complexity index is 732. The van der Waals surface area contributed by atoms with Crippen molar-refractivity contribution >= 4 is 23.6 Å². The maximum absolute atomic E-state index is 12.1.